The van der Waals surface area contributed by atoms with Crippen molar-refractivity contribution in [3.63, 3.8) is 0 Å². The zero-order chi connectivity index (χ0) is 19.8. The van der Waals surface area contributed by atoms with Gasteiger partial charge in [0, 0.05) is 20.6 Å². The van der Waals surface area contributed by atoms with Crippen molar-refractivity contribution in [3.05, 3.63) is 62.3 Å². The number of nitrogens with zero attached hydrogens (tertiary/aromatic N) is 4. The standard InChI is InChI=1S/C20H24FN5O2/c1-23-18-17(19(27)24(2)20(23)28)26(12-14-6-8-15(21)9-7-14)16(22-18)13-25-10-4-3-5-11-25/h6-9H,3-5,10-13H2,1-2H3/p+1. The third kappa shape index (κ3) is 3.28. The van der Waals surface area contributed by atoms with Gasteiger partial charge in [-0.15, -0.1) is 0 Å². The van der Waals surface area contributed by atoms with Crippen LogP contribution in [-0.2, 0) is 27.2 Å². The molecule has 1 saturated heterocycles. The fourth-order valence-electron chi connectivity index (χ4n) is 4.02. The highest BCUT2D eigenvalue weighted by atomic mass is 19.1. The highest BCUT2D eigenvalue weighted by Crippen LogP contribution is 2.14. The van der Waals surface area contributed by atoms with Crippen molar-refractivity contribution in [3.8, 4) is 0 Å². The first-order chi connectivity index (χ1) is 13.5. The Morgan fingerprint density at radius 2 is 1.71 bits per heavy atom. The second kappa shape index (κ2) is 7.35. The Balaban J connectivity index is 1.87. The van der Waals surface area contributed by atoms with Crippen molar-refractivity contribution >= 4 is 11.2 Å². The van der Waals surface area contributed by atoms with Crippen molar-refractivity contribution in [2.75, 3.05) is 13.1 Å². The Morgan fingerprint density at radius 3 is 2.39 bits per heavy atom. The van der Waals surface area contributed by atoms with E-state index in [2.05, 4.69) is 0 Å². The summed E-state index contributed by atoms with van der Waals surface area (Å²) in [6, 6.07) is 6.26. The van der Waals surface area contributed by atoms with Crippen LogP contribution in [0.15, 0.2) is 33.9 Å². The van der Waals surface area contributed by atoms with Gasteiger partial charge in [-0.05, 0) is 37.0 Å². The van der Waals surface area contributed by atoms with E-state index in [-0.39, 0.29) is 17.1 Å². The summed E-state index contributed by atoms with van der Waals surface area (Å²) in [5.41, 5.74) is 0.960. The highest BCUT2D eigenvalue weighted by Gasteiger charge is 2.23. The van der Waals surface area contributed by atoms with Gasteiger partial charge < -0.3 is 9.47 Å². The van der Waals surface area contributed by atoms with E-state index in [0.717, 1.165) is 29.0 Å². The van der Waals surface area contributed by atoms with Crippen LogP contribution in [0, 0.1) is 5.82 Å². The number of halogens is 1. The molecular formula is C20H25FN5O2+. The predicted octanol–water partition coefficient (Wildman–Crippen LogP) is 0.190. The number of quaternary nitrogens is 1. The molecule has 1 aliphatic rings. The Kier molecular flexibility index (Phi) is 4.89. The normalized spacial score (nSPS) is 15.4. The molecule has 0 unspecified atom stereocenters. The van der Waals surface area contributed by atoms with Crippen LogP contribution in [-0.4, -0.2) is 31.8 Å². The van der Waals surface area contributed by atoms with Crippen molar-refractivity contribution < 1.29 is 9.29 Å². The van der Waals surface area contributed by atoms with Crippen LogP contribution in [0.2, 0.25) is 0 Å². The molecule has 28 heavy (non-hydrogen) atoms. The smallest absolute Gasteiger partial charge is 0.329 e. The lowest BCUT2D eigenvalue weighted by atomic mass is 10.1. The summed E-state index contributed by atoms with van der Waals surface area (Å²) in [5, 5.41) is 0. The lowest BCUT2D eigenvalue weighted by Gasteiger charge is -2.23. The summed E-state index contributed by atoms with van der Waals surface area (Å²) in [4.78, 5) is 31.4. The monoisotopic (exact) mass is 386 g/mol. The molecule has 7 nitrogen and oxygen atoms in total. The van der Waals surface area contributed by atoms with Crippen LogP contribution in [0.3, 0.4) is 0 Å². The maximum atomic E-state index is 13.3. The fraction of sp³-hybridized carbons (Fsp3) is 0.450. The summed E-state index contributed by atoms with van der Waals surface area (Å²) >= 11 is 0. The minimum atomic E-state index is -0.388. The number of likely N-dealkylation sites (tertiary alicyclic amines) is 1. The number of hydrogen-bond donors (Lipinski definition) is 1. The molecule has 0 bridgehead atoms. The fourth-order valence-corrected chi connectivity index (χ4v) is 4.02. The summed E-state index contributed by atoms with van der Waals surface area (Å²) in [6.45, 7) is 3.27. The summed E-state index contributed by atoms with van der Waals surface area (Å²) in [5.74, 6) is 0.491. The van der Waals surface area contributed by atoms with Gasteiger partial charge in [0.25, 0.3) is 5.56 Å². The number of rotatable bonds is 4. The first-order valence-electron chi connectivity index (χ1n) is 9.69. The number of benzene rings is 1. The van der Waals surface area contributed by atoms with E-state index in [0.29, 0.717) is 24.3 Å². The lowest BCUT2D eigenvalue weighted by molar-refractivity contribution is -0.919. The van der Waals surface area contributed by atoms with Crippen LogP contribution >= 0.6 is 0 Å². The first-order valence-corrected chi connectivity index (χ1v) is 9.69. The molecule has 3 heterocycles. The van der Waals surface area contributed by atoms with Gasteiger partial charge in [-0.1, -0.05) is 12.1 Å². The Morgan fingerprint density at radius 1 is 1.04 bits per heavy atom. The molecule has 1 N–H and O–H groups in total. The van der Waals surface area contributed by atoms with E-state index < -0.39 is 0 Å². The molecule has 0 aliphatic carbocycles. The molecule has 1 fully saturated rings. The van der Waals surface area contributed by atoms with Crippen molar-refractivity contribution in [1.29, 1.82) is 0 Å². The molecule has 1 aliphatic heterocycles. The Bertz CT molecular complexity index is 1120. The van der Waals surface area contributed by atoms with Gasteiger partial charge in [0.2, 0.25) is 0 Å². The van der Waals surface area contributed by atoms with Crippen molar-refractivity contribution in [1.82, 2.24) is 18.7 Å². The topological polar surface area (TPSA) is 66.3 Å². The van der Waals surface area contributed by atoms with Gasteiger partial charge in [0.05, 0.1) is 13.1 Å². The molecule has 148 valence electrons. The van der Waals surface area contributed by atoms with Gasteiger partial charge in [-0.2, -0.15) is 0 Å². The average Bonchev–Trinajstić information content (AvgIpc) is 3.05. The largest absolute Gasteiger partial charge is 0.332 e. The van der Waals surface area contributed by atoms with Crippen LogP contribution in [0.25, 0.3) is 11.2 Å². The molecular weight excluding hydrogens is 361 g/mol. The zero-order valence-corrected chi connectivity index (χ0v) is 16.2. The predicted molar refractivity (Wildman–Crippen MR) is 104 cm³/mol. The van der Waals surface area contributed by atoms with E-state index in [4.69, 9.17) is 4.98 Å². The molecule has 0 radical (unpaired) electrons. The minimum absolute atomic E-state index is 0.296. The molecule has 8 heteroatoms. The molecule has 4 rings (SSSR count). The molecule has 3 aromatic rings. The van der Waals surface area contributed by atoms with Gasteiger partial charge in [-0.3, -0.25) is 13.9 Å². The van der Waals surface area contributed by atoms with Gasteiger partial charge in [0.1, 0.15) is 12.4 Å². The molecule has 0 saturated carbocycles. The van der Waals surface area contributed by atoms with E-state index in [1.54, 1.807) is 19.2 Å². The number of nitrogens with one attached hydrogen (secondary N) is 1. The Hall–Kier alpha value is -2.74. The Labute approximate surface area is 161 Å². The second-order valence-electron chi connectivity index (χ2n) is 7.61. The zero-order valence-electron chi connectivity index (χ0n) is 16.2. The summed E-state index contributed by atoms with van der Waals surface area (Å²) < 4.78 is 17.7. The van der Waals surface area contributed by atoms with Gasteiger partial charge >= 0.3 is 5.69 Å². The molecule has 2 aromatic heterocycles. The van der Waals surface area contributed by atoms with Crippen LogP contribution < -0.4 is 16.1 Å². The van der Waals surface area contributed by atoms with E-state index in [1.165, 1.54) is 47.9 Å². The van der Waals surface area contributed by atoms with E-state index >= 15 is 0 Å². The van der Waals surface area contributed by atoms with Crippen LogP contribution in [0.5, 0.6) is 0 Å². The number of imidazole rings is 1. The lowest BCUT2D eigenvalue weighted by Crippen LogP contribution is -3.11. The minimum Gasteiger partial charge on any atom is -0.329 e. The van der Waals surface area contributed by atoms with Crippen molar-refractivity contribution in [2.45, 2.75) is 32.4 Å². The summed E-state index contributed by atoms with van der Waals surface area (Å²) in [7, 11) is 3.12. The molecule has 1 aromatic carbocycles. The van der Waals surface area contributed by atoms with E-state index in [9.17, 15) is 14.0 Å². The average molecular weight is 386 g/mol. The SMILES string of the molecule is Cn1c(=O)c2c(nc(C[NH+]3CCCCC3)n2Cc2ccc(F)cc2)n(C)c1=O. The van der Waals surface area contributed by atoms with Crippen LogP contribution in [0.1, 0.15) is 30.7 Å². The molecule has 0 spiro atoms. The van der Waals surface area contributed by atoms with Crippen LogP contribution in [0.4, 0.5) is 4.39 Å². The maximum absolute atomic E-state index is 13.3. The number of hydrogen-bond acceptors (Lipinski definition) is 3. The first kappa shape index (κ1) is 18.6. The quantitative estimate of drug-likeness (QED) is 0.696. The highest BCUT2D eigenvalue weighted by molar-refractivity contribution is 5.71. The number of piperidine rings is 1. The molecule has 0 atom stereocenters. The van der Waals surface area contributed by atoms with Crippen molar-refractivity contribution in [2.24, 2.45) is 14.1 Å². The third-order valence-corrected chi connectivity index (χ3v) is 5.65. The summed E-state index contributed by atoms with van der Waals surface area (Å²) in [6.07, 6.45) is 3.63. The third-order valence-electron chi connectivity index (χ3n) is 5.65. The van der Waals surface area contributed by atoms with Gasteiger partial charge in [0.15, 0.2) is 17.0 Å². The maximum Gasteiger partial charge on any atom is 0.332 e. The molecule has 0 amide bonds. The second-order valence-corrected chi connectivity index (χ2v) is 7.61. The van der Waals surface area contributed by atoms with Gasteiger partial charge in [-0.25, -0.2) is 14.2 Å². The number of fused-ring (bicyclic) bond motifs is 1. The number of aromatic nitrogens is 4. The van der Waals surface area contributed by atoms with E-state index in [1.807, 2.05) is 4.57 Å². The number of aryl methyl sites for hydroxylation is 1.